The fourth-order valence-corrected chi connectivity index (χ4v) is 2.75. The number of nitrogens with two attached hydrogens (primary N) is 1. The average Bonchev–Trinajstić information content (AvgIpc) is 2.73. The molecule has 19 heavy (non-hydrogen) atoms. The molecule has 1 aromatic heterocycles. The summed E-state index contributed by atoms with van der Waals surface area (Å²) >= 11 is 0. The van der Waals surface area contributed by atoms with Crippen molar-refractivity contribution in [3.05, 3.63) is 23.9 Å². The molecule has 1 heterocycles. The first-order valence-corrected chi connectivity index (χ1v) is 7.29. The van der Waals surface area contributed by atoms with Gasteiger partial charge >= 0.3 is 0 Å². The van der Waals surface area contributed by atoms with Crippen molar-refractivity contribution in [2.24, 2.45) is 5.73 Å². The number of methoxy groups -OCH3 is 1. The first-order valence-electron chi connectivity index (χ1n) is 7.29. The normalized spacial score (nSPS) is 18.8. The smallest absolute Gasteiger partial charge is 0.212 e. The molecule has 0 amide bonds. The molecule has 4 nitrogen and oxygen atoms in total. The molecule has 1 fully saturated rings. The van der Waals surface area contributed by atoms with Crippen LogP contribution in [-0.2, 0) is 0 Å². The molecule has 0 radical (unpaired) electrons. The monoisotopic (exact) mass is 263 g/mol. The van der Waals surface area contributed by atoms with Crippen LogP contribution in [-0.4, -0.2) is 24.7 Å². The van der Waals surface area contributed by atoms with Gasteiger partial charge in [0.25, 0.3) is 0 Å². The Morgan fingerprint density at radius 1 is 1.32 bits per heavy atom. The molecule has 0 saturated heterocycles. The zero-order chi connectivity index (χ0) is 13.5. The highest BCUT2D eigenvalue weighted by molar-refractivity contribution is 5.21. The standard InChI is InChI=1S/C15H25N3O/c1-19-15-9-8-12(11-17-15)14(10-16)18-13-6-4-2-3-5-7-13/h8-9,11,13-14,18H,2-7,10,16H2,1H3. The van der Waals surface area contributed by atoms with Crippen LogP contribution in [0.4, 0.5) is 0 Å². The third kappa shape index (κ3) is 4.18. The van der Waals surface area contributed by atoms with Crippen LogP contribution in [0.25, 0.3) is 0 Å². The van der Waals surface area contributed by atoms with Crippen LogP contribution < -0.4 is 15.8 Å². The Labute approximate surface area is 115 Å². The fourth-order valence-electron chi connectivity index (χ4n) is 2.75. The SMILES string of the molecule is COc1ccc(C(CN)NC2CCCCCC2)cn1. The van der Waals surface area contributed by atoms with Gasteiger partial charge in [-0.1, -0.05) is 31.7 Å². The largest absolute Gasteiger partial charge is 0.481 e. The summed E-state index contributed by atoms with van der Waals surface area (Å²) in [4.78, 5) is 4.26. The molecule has 0 spiro atoms. The molecule has 2 rings (SSSR count). The third-order valence-corrected chi connectivity index (χ3v) is 3.90. The van der Waals surface area contributed by atoms with E-state index < -0.39 is 0 Å². The van der Waals surface area contributed by atoms with Gasteiger partial charge in [-0.2, -0.15) is 0 Å². The first kappa shape index (κ1) is 14.3. The molecule has 1 unspecified atom stereocenters. The van der Waals surface area contributed by atoms with Crippen LogP contribution in [0.15, 0.2) is 18.3 Å². The van der Waals surface area contributed by atoms with Crippen LogP contribution in [0.3, 0.4) is 0 Å². The first-order chi connectivity index (χ1) is 9.33. The van der Waals surface area contributed by atoms with Gasteiger partial charge < -0.3 is 15.8 Å². The van der Waals surface area contributed by atoms with Crippen LogP contribution >= 0.6 is 0 Å². The summed E-state index contributed by atoms with van der Waals surface area (Å²) in [6.07, 6.45) is 9.79. The summed E-state index contributed by atoms with van der Waals surface area (Å²) in [5.74, 6) is 0.647. The van der Waals surface area contributed by atoms with Crippen molar-refractivity contribution in [3.8, 4) is 5.88 Å². The number of nitrogens with zero attached hydrogens (tertiary/aromatic N) is 1. The van der Waals surface area contributed by atoms with Gasteiger partial charge in [0.15, 0.2) is 0 Å². The second-order valence-electron chi connectivity index (χ2n) is 5.28. The van der Waals surface area contributed by atoms with E-state index in [9.17, 15) is 0 Å². The second-order valence-corrected chi connectivity index (χ2v) is 5.28. The Hall–Kier alpha value is -1.13. The molecular formula is C15H25N3O. The van der Waals surface area contributed by atoms with Crippen molar-refractivity contribution < 1.29 is 4.74 Å². The van der Waals surface area contributed by atoms with Gasteiger partial charge in [0.2, 0.25) is 5.88 Å². The van der Waals surface area contributed by atoms with Crippen molar-refractivity contribution in [3.63, 3.8) is 0 Å². The Morgan fingerprint density at radius 2 is 2.05 bits per heavy atom. The summed E-state index contributed by atoms with van der Waals surface area (Å²) in [6, 6.07) is 4.74. The average molecular weight is 263 g/mol. The van der Waals surface area contributed by atoms with Gasteiger partial charge in [0.1, 0.15) is 0 Å². The minimum Gasteiger partial charge on any atom is -0.481 e. The molecule has 1 atom stereocenters. The van der Waals surface area contributed by atoms with E-state index in [1.807, 2.05) is 18.3 Å². The molecule has 0 bridgehead atoms. The van der Waals surface area contributed by atoms with E-state index >= 15 is 0 Å². The van der Waals surface area contributed by atoms with E-state index in [0.29, 0.717) is 18.5 Å². The Kier molecular flexibility index (Phi) is 5.61. The molecule has 1 aromatic rings. The summed E-state index contributed by atoms with van der Waals surface area (Å²) in [7, 11) is 1.63. The van der Waals surface area contributed by atoms with E-state index in [4.69, 9.17) is 10.5 Å². The Morgan fingerprint density at radius 3 is 2.58 bits per heavy atom. The van der Waals surface area contributed by atoms with E-state index in [0.717, 1.165) is 5.56 Å². The molecule has 1 aliphatic carbocycles. The van der Waals surface area contributed by atoms with Crippen molar-refractivity contribution in [1.29, 1.82) is 0 Å². The molecule has 106 valence electrons. The number of aromatic nitrogens is 1. The highest BCUT2D eigenvalue weighted by Gasteiger charge is 2.17. The number of hydrogen-bond acceptors (Lipinski definition) is 4. The van der Waals surface area contributed by atoms with Crippen molar-refractivity contribution >= 4 is 0 Å². The molecule has 4 heteroatoms. The zero-order valence-electron chi connectivity index (χ0n) is 11.8. The number of ether oxygens (including phenoxy) is 1. The summed E-state index contributed by atoms with van der Waals surface area (Å²) < 4.78 is 5.09. The maximum Gasteiger partial charge on any atom is 0.212 e. The second kappa shape index (κ2) is 7.46. The minimum atomic E-state index is 0.196. The van der Waals surface area contributed by atoms with E-state index in [2.05, 4.69) is 10.3 Å². The van der Waals surface area contributed by atoms with E-state index in [-0.39, 0.29) is 6.04 Å². The number of nitrogens with one attached hydrogen (secondary N) is 1. The van der Waals surface area contributed by atoms with Crippen LogP contribution in [0.5, 0.6) is 5.88 Å². The van der Waals surface area contributed by atoms with Crippen LogP contribution in [0.1, 0.15) is 50.1 Å². The topological polar surface area (TPSA) is 60.2 Å². The lowest BCUT2D eigenvalue weighted by Gasteiger charge is -2.24. The molecule has 0 aliphatic heterocycles. The molecule has 1 aliphatic rings. The van der Waals surface area contributed by atoms with Gasteiger partial charge in [0, 0.05) is 30.9 Å². The lowest BCUT2D eigenvalue weighted by molar-refractivity contribution is 0.391. The summed E-state index contributed by atoms with van der Waals surface area (Å²) in [6.45, 7) is 0.602. The zero-order valence-corrected chi connectivity index (χ0v) is 11.8. The number of hydrogen-bond donors (Lipinski definition) is 2. The molecular weight excluding hydrogens is 238 g/mol. The minimum absolute atomic E-state index is 0.196. The number of rotatable bonds is 5. The summed E-state index contributed by atoms with van der Waals surface area (Å²) in [5.41, 5.74) is 7.06. The van der Waals surface area contributed by atoms with Gasteiger partial charge in [-0.25, -0.2) is 4.98 Å². The number of pyridine rings is 1. The van der Waals surface area contributed by atoms with Gasteiger partial charge in [-0.05, 0) is 18.4 Å². The fraction of sp³-hybridized carbons (Fsp3) is 0.667. The molecule has 3 N–H and O–H groups in total. The molecule has 1 saturated carbocycles. The Bertz CT molecular complexity index is 358. The highest BCUT2D eigenvalue weighted by atomic mass is 16.5. The van der Waals surface area contributed by atoms with Gasteiger partial charge in [0.05, 0.1) is 7.11 Å². The van der Waals surface area contributed by atoms with Crippen molar-refractivity contribution in [1.82, 2.24) is 10.3 Å². The highest BCUT2D eigenvalue weighted by Crippen LogP contribution is 2.21. The maximum absolute atomic E-state index is 5.91. The lowest BCUT2D eigenvalue weighted by atomic mass is 10.0. The van der Waals surface area contributed by atoms with Crippen LogP contribution in [0.2, 0.25) is 0 Å². The third-order valence-electron chi connectivity index (χ3n) is 3.90. The predicted octanol–water partition coefficient (Wildman–Crippen LogP) is 2.40. The molecule has 0 aromatic carbocycles. The van der Waals surface area contributed by atoms with E-state index in [1.54, 1.807) is 7.11 Å². The summed E-state index contributed by atoms with van der Waals surface area (Å²) in [5, 5.41) is 3.69. The Balaban J connectivity index is 1.97. The van der Waals surface area contributed by atoms with Crippen molar-refractivity contribution in [2.75, 3.05) is 13.7 Å². The van der Waals surface area contributed by atoms with Crippen LogP contribution in [0, 0.1) is 0 Å². The van der Waals surface area contributed by atoms with Gasteiger partial charge in [-0.15, -0.1) is 0 Å². The lowest BCUT2D eigenvalue weighted by Crippen LogP contribution is -2.36. The predicted molar refractivity (Wildman–Crippen MR) is 77.2 cm³/mol. The van der Waals surface area contributed by atoms with Crippen molar-refractivity contribution in [2.45, 2.75) is 50.6 Å². The van der Waals surface area contributed by atoms with Gasteiger partial charge in [-0.3, -0.25) is 0 Å². The maximum atomic E-state index is 5.91. The quantitative estimate of drug-likeness (QED) is 0.801. The van der Waals surface area contributed by atoms with E-state index in [1.165, 1.54) is 38.5 Å².